The Morgan fingerprint density at radius 2 is 1.47 bits per heavy atom. The minimum absolute atomic E-state index is 0.101. The van der Waals surface area contributed by atoms with Gasteiger partial charge in [-0.2, -0.15) is 5.26 Å². The van der Waals surface area contributed by atoms with Crippen LogP contribution < -0.4 is 9.47 Å². The Labute approximate surface area is 195 Å². The number of benzene rings is 1. The molecule has 0 radical (unpaired) electrons. The second-order valence-electron chi connectivity index (χ2n) is 9.49. The molecule has 1 aromatic carbocycles. The lowest BCUT2D eigenvalue weighted by Crippen LogP contribution is -2.31. The van der Waals surface area contributed by atoms with Crippen molar-refractivity contribution in [2.45, 2.75) is 110 Å². The minimum Gasteiger partial charge on any atom is -0.494 e. The van der Waals surface area contributed by atoms with Crippen LogP contribution in [0.5, 0.6) is 11.5 Å². The fourth-order valence-corrected chi connectivity index (χ4v) is 4.59. The third kappa shape index (κ3) is 9.23. The standard InChI is InChI=1S/C28H43NO3/c1-3-5-7-9-11-19-28(23-29)20-17-24(18-21-28)27(30)32-26-15-13-25(14-16-26)31-22-12-10-8-6-4-2/h13-16,24H,3-12,17-22H2,1-2H3. The molecule has 0 aromatic heterocycles. The lowest BCUT2D eigenvalue weighted by atomic mass is 9.69. The molecule has 4 nitrogen and oxygen atoms in total. The summed E-state index contributed by atoms with van der Waals surface area (Å²) < 4.78 is 11.4. The van der Waals surface area contributed by atoms with Gasteiger partial charge < -0.3 is 9.47 Å². The van der Waals surface area contributed by atoms with E-state index in [1.807, 2.05) is 24.3 Å². The normalized spacial score (nSPS) is 20.5. The van der Waals surface area contributed by atoms with Crippen molar-refractivity contribution in [1.82, 2.24) is 0 Å². The van der Waals surface area contributed by atoms with Crippen LogP contribution in [0.1, 0.15) is 110 Å². The van der Waals surface area contributed by atoms with E-state index in [9.17, 15) is 10.1 Å². The zero-order valence-electron chi connectivity index (χ0n) is 20.4. The molecule has 0 atom stereocenters. The number of hydrogen-bond donors (Lipinski definition) is 0. The third-order valence-corrected chi connectivity index (χ3v) is 6.83. The maximum Gasteiger partial charge on any atom is 0.314 e. The fraction of sp³-hybridized carbons (Fsp3) is 0.714. The van der Waals surface area contributed by atoms with Crippen molar-refractivity contribution in [2.75, 3.05) is 6.61 Å². The Kier molecular flexibility index (Phi) is 12.2. The molecule has 0 bridgehead atoms. The molecule has 32 heavy (non-hydrogen) atoms. The fourth-order valence-electron chi connectivity index (χ4n) is 4.59. The van der Waals surface area contributed by atoms with Crippen LogP contribution >= 0.6 is 0 Å². The second kappa shape index (κ2) is 14.9. The molecule has 4 heteroatoms. The van der Waals surface area contributed by atoms with Gasteiger partial charge in [0.2, 0.25) is 0 Å². The number of carbonyl (C=O) groups excluding carboxylic acids is 1. The molecular weight excluding hydrogens is 398 g/mol. The largest absolute Gasteiger partial charge is 0.494 e. The highest BCUT2D eigenvalue weighted by molar-refractivity contribution is 5.75. The van der Waals surface area contributed by atoms with Crippen molar-refractivity contribution in [2.24, 2.45) is 11.3 Å². The highest BCUT2D eigenvalue weighted by atomic mass is 16.5. The summed E-state index contributed by atoms with van der Waals surface area (Å²) in [6.07, 6.45) is 16.3. The van der Waals surface area contributed by atoms with E-state index in [2.05, 4.69) is 19.9 Å². The van der Waals surface area contributed by atoms with Gasteiger partial charge in [-0.3, -0.25) is 4.79 Å². The Morgan fingerprint density at radius 1 is 0.906 bits per heavy atom. The SMILES string of the molecule is CCCCCCCOc1ccc(OC(=O)C2CCC(C#N)(CCCCCCC)CC2)cc1. The quantitative estimate of drug-likeness (QED) is 0.157. The van der Waals surface area contributed by atoms with Gasteiger partial charge in [0.05, 0.1) is 24.0 Å². The molecular formula is C28H43NO3. The van der Waals surface area contributed by atoms with Gasteiger partial charge in [-0.15, -0.1) is 0 Å². The Morgan fingerprint density at radius 3 is 2.06 bits per heavy atom. The van der Waals surface area contributed by atoms with Crippen LogP contribution in [0.3, 0.4) is 0 Å². The van der Waals surface area contributed by atoms with Crippen LogP contribution in [0.25, 0.3) is 0 Å². The third-order valence-electron chi connectivity index (χ3n) is 6.83. The smallest absolute Gasteiger partial charge is 0.314 e. The van der Waals surface area contributed by atoms with E-state index in [0.717, 1.165) is 57.3 Å². The lowest BCUT2D eigenvalue weighted by molar-refractivity contribution is -0.140. The van der Waals surface area contributed by atoms with Crippen molar-refractivity contribution < 1.29 is 14.3 Å². The molecule has 178 valence electrons. The Balaban J connectivity index is 1.70. The topological polar surface area (TPSA) is 59.3 Å². The zero-order valence-corrected chi connectivity index (χ0v) is 20.4. The number of hydrogen-bond acceptors (Lipinski definition) is 4. The van der Waals surface area contributed by atoms with Crippen molar-refractivity contribution in [3.05, 3.63) is 24.3 Å². The van der Waals surface area contributed by atoms with Crippen molar-refractivity contribution in [3.63, 3.8) is 0 Å². The van der Waals surface area contributed by atoms with E-state index in [1.54, 1.807) is 0 Å². The molecule has 0 heterocycles. The maximum atomic E-state index is 12.6. The number of ether oxygens (including phenoxy) is 2. The summed E-state index contributed by atoms with van der Waals surface area (Å²) in [7, 11) is 0. The zero-order chi connectivity index (χ0) is 23.1. The first-order valence-electron chi connectivity index (χ1n) is 13.0. The molecule has 2 rings (SSSR count). The maximum absolute atomic E-state index is 12.6. The molecule has 1 aliphatic carbocycles. The van der Waals surface area contributed by atoms with Gasteiger partial charge >= 0.3 is 5.97 Å². The van der Waals surface area contributed by atoms with E-state index in [-0.39, 0.29) is 17.3 Å². The van der Waals surface area contributed by atoms with Crippen molar-refractivity contribution in [1.29, 1.82) is 5.26 Å². The predicted molar refractivity (Wildman–Crippen MR) is 130 cm³/mol. The Hall–Kier alpha value is -2.02. The minimum atomic E-state index is -0.238. The van der Waals surface area contributed by atoms with E-state index in [1.165, 1.54) is 51.4 Å². The van der Waals surface area contributed by atoms with Gasteiger partial charge in [0.25, 0.3) is 0 Å². The van der Waals surface area contributed by atoms with Crippen LogP contribution in [-0.2, 0) is 4.79 Å². The van der Waals surface area contributed by atoms with Crippen molar-refractivity contribution in [3.8, 4) is 17.6 Å². The highest BCUT2D eigenvalue weighted by Gasteiger charge is 2.37. The molecule has 0 saturated heterocycles. The lowest BCUT2D eigenvalue weighted by Gasteiger charge is -2.34. The Bertz CT molecular complexity index is 684. The van der Waals surface area contributed by atoms with Crippen molar-refractivity contribution >= 4 is 5.97 Å². The predicted octanol–water partition coefficient (Wildman–Crippen LogP) is 8.00. The summed E-state index contributed by atoms with van der Waals surface area (Å²) >= 11 is 0. The first-order valence-corrected chi connectivity index (χ1v) is 13.0. The van der Waals surface area contributed by atoms with Crippen LogP contribution in [0.4, 0.5) is 0 Å². The summed E-state index contributed by atoms with van der Waals surface area (Å²) in [5.74, 6) is 1.12. The number of carbonyl (C=O) groups is 1. The average molecular weight is 442 g/mol. The molecule has 0 aliphatic heterocycles. The molecule has 1 fully saturated rings. The van der Waals surface area contributed by atoms with Gasteiger partial charge in [0.1, 0.15) is 11.5 Å². The summed E-state index contributed by atoms with van der Waals surface area (Å²) in [6.45, 7) is 5.16. The molecule has 0 spiro atoms. The van der Waals surface area contributed by atoms with E-state index < -0.39 is 0 Å². The van der Waals surface area contributed by atoms with Crippen LogP contribution in [0.2, 0.25) is 0 Å². The van der Waals surface area contributed by atoms with Gasteiger partial charge in [-0.1, -0.05) is 71.6 Å². The van der Waals surface area contributed by atoms with Gasteiger partial charge in [-0.25, -0.2) is 0 Å². The molecule has 0 unspecified atom stereocenters. The average Bonchev–Trinajstić information content (AvgIpc) is 2.82. The molecule has 0 N–H and O–H groups in total. The van der Waals surface area contributed by atoms with Crippen LogP contribution in [0.15, 0.2) is 24.3 Å². The first kappa shape index (κ1) is 26.2. The molecule has 1 aliphatic rings. The van der Waals surface area contributed by atoms with Crippen LogP contribution in [0, 0.1) is 22.7 Å². The monoisotopic (exact) mass is 441 g/mol. The number of nitriles is 1. The molecule has 1 saturated carbocycles. The van der Waals surface area contributed by atoms with Crippen LogP contribution in [-0.4, -0.2) is 12.6 Å². The summed E-state index contributed by atoms with van der Waals surface area (Å²) in [5.41, 5.74) is -0.238. The summed E-state index contributed by atoms with van der Waals surface area (Å²) in [5, 5.41) is 9.77. The highest BCUT2D eigenvalue weighted by Crippen LogP contribution is 2.42. The van der Waals surface area contributed by atoms with Gasteiger partial charge in [0.15, 0.2) is 0 Å². The van der Waals surface area contributed by atoms with Gasteiger partial charge in [0, 0.05) is 0 Å². The van der Waals surface area contributed by atoms with E-state index in [0.29, 0.717) is 5.75 Å². The van der Waals surface area contributed by atoms with Gasteiger partial charge in [-0.05, 0) is 62.8 Å². The van der Waals surface area contributed by atoms with E-state index in [4.69, 9.17) is 9.47 Å². The number of unbranched alkanes of at least 4 members (excludes halogenated alkanes) is 8. The number of rotatable bonds is 15. The summed E-state index contributed by atoms with van der Waals surface area (Å²) in [6, 6.07) is 9.95. The van der Waals surface area contributed by atoms with E-state index >= 15 is 0 Å². The number of esters is 1. The molecule has 1 aromatic rings. The first-order chi connectivity index (χ1) is 15.6. The second-order valence-corrected chi connectivity index (χ2v) is 9.49. The summed E-state index contributed by atoms with van der Waals surface area (Å²) in [4.78, 5) is 12.6. The number of nitrogens with zero attached hydrogens (tertiary/aromatic N) is 1. The molecule has 0 amide bonds.